The molecule has 2 heterocycles. The monoisotopic (exact) mass is 533 g/mol. The Kier molecular flexibility index (Phi) is 8.45. The van der Waals surface area contributed by atoms with Crippen molar-refractivity contribution in [2.24, 2.45) is 23.7 Å². The van der Waals surface area contributed by atoms with E-state index < -0.39 is 64.5 Å². The average Bonchev–Trinajstić information content (AvgIpc) is 3.18. The van der Waals surface area contributed by atoms with Crippen LogP contribution in [0.4, 0.5) is 0 Å². The second kappa shape index (κ2) is 11.6. The number of carbonyl (C=O) groups is 5. The molecule has 0 unspecified atom stereocenters. The predicted molar refractivity (Wildman–Crippen MR) is 143 cm³/mol. The van der Waals surface area contributed by atoms with Crippen LogP contribution in [0.25, 0.3) is 0 Å². The number of aliphatic hydroxyl groups excluding tert-OH is 1. The lowest BCUT2D eigenvalue weighted by molar-refractivity contribution is -0.183. The number of ether oxygens (including phenoxy) is 1. The third-order valence-corrected chi connectivity index (χ3v) is 8.41. The van der Waals surface area contributed by atoms with Crippen molar-refractivity contribution in [1.29, 1.82) is 0 Å². The number of benzene rings is 1. The molecule has 206 valence electrons. The lowest BCUT2D eigenvalue weighted by Gasteiger charge is -2.49. The fourth-order valence-corrected chi connectivity index (χ4v) is 6.24. The minimum Gasteiger partial charge on any atom is -0.444 e. The van der Waals surface area contributed by atoms with Gasteiger partial charge >= 0.3 is 5.97 Å². The van der Waals surface area contributed by atoms with Crippen molar-refractivity contribution in [3.63, 3.8) is 0 Å². The van der Waals surface area contributed by atoms with Crippen LogP contribution in [0.5, 0.6) is 0 Å². The first kappa shape index (κ1) is 28.4. The van der Waals surface area contributed by atoms with Crippen molar-refractivity contribution in [2.75, 3.05) is 0 Å². The van der Waals surface area contributed by atoms with E-state index in [1.165, 1.54) is 0 Å². The standard InChI is InChI=1S/C31H35NO7/c1-18-9-7-13-23-28(36)20(3)19(2)27-24(15-21-11-5-4-6-12-21)32-30(38)31(23,27)39-29(37)22(17-33)16-26(35)25(34)14-8-10-18/h4-7,11-13,16-19,23-24,27-28,36H,3,8-10,14-15H2,1-2H3,(H,32,38)/b13-7+,22-16+/t18-,19+,23-,24-,27-,28+,31+/m0/s1. The number of esters is 1. The molecule has 3 aliphatic rings. The third-order valence-electron chi connectivity index (χ3n) is 8.41. The first-order valence-electron chi connectivity index (χ1n) is 13.5. The van der Waals surface area contributed by atoms with Crippen molar-refractivity contribution in [3.05, 3.63) is 71.8 Å². The number of amides is 1. The molecule has 1 aliphatic carbocycles. The summed E-state index contributed by atoms with van der Waals surface area (Å²) in [4.78, 5) is 64.0. The highest BCUT2D eigenvalue weighted by Crippen LogP contribution is 2.52. The molecule has 7 atom stereocenters. The molecule has 8 nitrogen and oxygen atoms in total. The summed E-state index contributed by atoms with van der Waals surface area (Å²) in [7, 11) is 0. The molecule has 2 N–H and O–H groups in total. The number of aliphatic hydroxyl groups is 1. The number of nitrogens with one attached hydrogen (secondary N) is 1. The number of hydrogen-bond donors (Lipinski definition) is 2. The number of Topliss-reactive ketones (excluding diaryl/α,β-unsaturated/α-hetero) is 1. The van der Waals surface area contributed by atoms with E-state index in [0.29, 0.717) is 37.3 Å². The summed E-state index contributed by atoms with van der Waals surface area (Å²) in [5.74, 6) is -5.32. The summed E-state index contributed by atoms with van der Waals surface area (Å²) < 4.78 is 5.96. The summed E-state index contributed by atoms with van der Waals surface area (Å²) in [6.45, 7) is 7.97. The van der Waals surface area contributed by atoms with Crippen molar-refractivity contribution >= 4 is 29.7 Å². The van der Waals surface area contributed by atoms with Gasteiger partial charge in [-0.3, -0.25) is 19.2 Å². The summed E-state index contributed by atoms with van der Waals surface area (Å²) in [5.41, 5.74) is -1.04. The van der Waals surface area contributed by atoms with Crippen LogP contribution in [0, 0.1) is 23.7 Å². The zero-order chi connectivity index (χ0) is 28.3. The molecule has 0 aromatic heterocycles. The zero-order valence-corrected chi connectivity index (χ0v) is 22.3. The van der Waals surface area contributed by atoms with E-state index >= 15 is 0 Å². The van der Waals surface area contributed by atoms with E-state index in [9.17, 15) is 29.1 Å². The molecule has 0 bridgehead atoms. The van der Waals surface area contributed by atoms with Crippen molar-refractivity contribution in [3.8, 4) is 0 Å². The number of allylic oxidation sites excluding steroid dienone is 2. The fourth-order valence-electron chi connectivity index (χ4n) is 6.24. The Hall–Kier alpha value is -3.65. The molecule has 8 heteroatoms. The quantitative estimate of drug-likeness (QED) is 0.201. The van der Waals surface area contributed by atoms with Crippen LogP contribution in [0.15, 0.2) is 66.3 Å². The number of aldehydes is 1. The van der Waals surface area contributed by atoms with Gasteiger partial charge in [-0.15, -0.1) is 0 Å². The topological polar surface area (TPSA) is 127 Å². The Balaban J connectivity index is 1.84. The molecule has 1 saturated carbocycles. The van der Waals surface area contributed by atoms with E-state index in [4.69, 9.17) is 4.74 Å². The minimum absolute atomic E-state index is 0.00116. The van der Waals surface area contributed by atoms with Gasteiger partial charge in [0.25, 0.3) is 5.91 Å². The van der Waals surface area contributed by atoms with Crippen LogP contribution in [-0.4, -0.2) is 52.6 Å². The Morgan fingerprint density at radius 1 is 1.15 bits per heavy atom. The Bertz CT molecular complexity index is 1230. The lowest BCUT2D eigenvalue weighted by Crippen LogP contribution is -2.61. The van der Waals surface area contributed by atoms with Crippen LogP contribution in [0.2, 0.25) is 0 Å². The highest BCUT2D eigenvalue weighted by molar-refractivity contribution is 6.43. The maximum atomic E-state index is 13.9. The number of ketones is 2. The van der Waals surface area contributed by atoms with E-state index in [1.54, 1.807) is 6.08 Å². The van der Waals surface area contributed by atoms with Crippen LogP contribution in [-0.2, 0) is 35.1 Å². The van der Waals surface area contributed by atoms with Gasteiger partial charge in [-0.25, -0.2) is 4.79 Å². The maximum Gasteiger partial charge on any atom is 0.342 e. The average molecular weight is 534 g/mol. The molecule has 1 aromatic rings. The van der Waals surface area contributed by atoms with E-state index in [2.05, 4.69) is 11.9 Å². The second-order valence-corrected chi connectivity index (χ2v) is 11.0. The fraction of sp³-hybridized carbons (Fsp3) is 0.452. The summed E-state index contributed by atoms with van der Waals surface area (Å²) >= 11 is 0. The number of rotatable bonds is 3. The molecule has 39 heavy (non-hydrogen) atoms. The Morgan fingerprint density at radius 2 is 1.87 bits per heavy atom. The van der Waals surface area contributed by atoms with Gasteiger partial charge in [-0.1, -0.05) is 62.9 Å². The zero-order valence-electron chi connectivity index (χ0n) is 22.3. The van der Waals surface area contributed by atoms with Crippen LogP contribution in [0.1, 0.15) is 45.1 Å². The highest BCUT2D eigenvalue weighted by Gasteiger charge is 2.68. The summed E-state index contributed by atoms with van der Waals surface area (Å²) in [6, 6.07) is 9.09. The van der Waals surface area contributed by atoms with Crippen molar-refractivity contribution in [1.82, 2.24) is 5.32 Å². The summed E-state index contributed by atoms with van der Waals surface area (Å²) in [5, 5.41) is 14.4. The molecule has 1 aromatic carbocycles. The van der Waals surface area contributed by atoms with Crippen LogP contribution < -0.4 is 5.32 Å². The molecule has 1 spiro atoms. The van der Waals surface area contributed by atoms with Crippen LogP contribution >= 0.6 is 0 Å². The van der Waals surface area contributed by atoms with Gasteiger partial charge in [0.1, 0.15) is 5.57 Å². The van der Waals surface area contributed by atoms with Gasteiger partial charge in [-0.2, -0.15) is 0 Å². The predicted octanol–water partition coefficient (Wildman–Crippen LogP) is 2.84. The normalized spacial score (nSPS) is 36.3. The van der Waals surface area contributed by atoms with Gasteiger partial charge in [0.2, 0.25) is 17.2 Å². The first-order valence-corrected chi connectivity index (χ1v) is 13.5. The SMILES string of the molecule is C=C1[C@@H](C)[C@H]2[C@H](Cc3ccccc3)NC(=O)[C@]23OC(=O)/C(C=O)=C/C(=O)C(=O)CCC[C@@H](C)C/C=C/[C@H]3[C@@H]1O. The van der Waals surface area contributed by atoms with Gasteiger partial charge in [0.05, 0.1) is 12.0 Å². The second-order valence-electron chi connectivity index (χ2n) is 11.0. The Labute approximate surface area is 228 Å². The molecular weight excluding hydrogens is 498 g/mol. The van der Waals surface area contributed by atoms with E-state index in [1.807, 2.05) is 50.3 Å². The molecule has 4 rings (SSSR count). The van der Waals surface area contributed by atoms with Crippen molar-refractivity contribution in [2.45, 2.75) is 63.7 Å². The molecule has 0 radical (unpaired) electrons. The molecule has 2 aliphatic heterocycles. The van der Waals surface area contributed by atoms with Gasteiger partial charge in [0, 0.05) is 24.5 Å². The summed E-state index contributed by atoms with van der Waals surface area (Å²) in [6.07, 6.45) is 5.40. The molecular formula is C31H35NO7. The van der Waals surface area contributed by atoms with E-state index in [0.717, 1.165) is 5.56 Å². The lowest BCUT2D eigenvalue weighted by atomic mass is 9.59. The maximum absolute atomic E-state index is 13.9. The van der Waals surface area contributed by atoms with Gasteiger partial charge in [-0.05, 0) is 48.7 Å². The Morgan fingerprint density at radius 3 is 2.56 bits per heavy atom. The third kappa shape index (κ3) is 5.43. The minimum atomic E-state index is -1.87. The van der Waals surface area contributed by atoms with Gasteiger partial charge < -0.3 is 15.2 Å². The van der Waals surface area contributed by atoms with E-state index in [-0.39, 0.29) is 18.6 Å². The molecule has 2 fully saturated rings. The van der Waals surface area contributed by atoms with Gasteiger partial charge in [0.15, 0.2) is 6.29 Å². The largest absolute Gasteiger partial charge is 0.444 e. The number of carbonyl (C=O) groups excluding carboxylic acids is 5. The first-order chi connectivity index (χ1) is 18.6. The number of hydrogen-bond acceptors (Lipinski definition) is 7. The van der Waals surface area contributed by atoms with Crippen molar-refractivity contribution < 1.29 is 33.8 Å². The smallest absolute Gasteiger partial charge is 0.342 e. The molecule has 1 amide bonds. The molecule has 1 saturated heterocycles. The van der Waals surface area contributed by atoms with Crippen LogP contribution in [0.3, 0.4) is 0 Å². The highest BCUT2D eigenvalue weighted by atomic mass is 16.6.